The maximum Gasteiger partial charge on any atom is 0.374 e. The first-order valence-corrected chi connectivity index (χ1v) is 7.74. The summed E-state index contributed by atoms with van der Waals surface area (Å²) in [4.78, 5) is 46.7. The fourth-order valence-corrected chi connectivity index (χ4v) is 1.96. The number of amides is 2. The molecular formula is C17H18N2O6. The summed E-state index contributed by atoms with van der Waals surface area (Å²) in [5, 5.41) is 5.25. The van der Waals surface area contributed by atoms with Crippen LogP contribution in [0.25, 0.3) is 11.0 Å². The van der Waals surface area contributed by atoms with Crippen molar-refractivity contribution in [2.45, 2.75) is 13.3 Å². The van der Waals surface area contributed by atoms with Crippen LogP contribution in [0.1, 0.15) is 23.9 Å². The summed E-state index contributed by atoms with van der Waals surface area (Å²) in [5.41, 5.74) is -0.134. The van der Waals surface area contributed by atoms with Crippen molar-refractivity contribution >= 4 is 28.8 Å². The molecule has 1 aromatic heterocycles. The molecule has 2 rings (SSSR count). The molecular weight excluding hydrogens is 328 g/mol. The molecule has 0 saturated heterocycles. The maximum absolute atomic E-state index is 11.9. The van der Waals surface area contributed by atoms with E-state index in [1.807, 2.05) is 6.92 Å². The average molecular weight is 346 g/mol. The quantitative estimate of drug-likeness (QED) is 0.709. The lowest BCUT2D eigenvalue weighted by Crippen LogP contribution is -2.38. The minimum absolute atomic E-state index is 0.207. The molecule has 25 heavy (non-hydrogen) atoms. The standard InChI is InChI=1S/C17H18N2O6/c1-2-7-18-15(21)9-19-16(22)10-24-17(23)14-8-12(20)11-5-3-4-6-13(11)25-14/h3-6,8H,2,7,9-10H2,1H3,(H,18,21)(H,19,22). The number of benzene rings is 1. The molecule has 2 aromatic rings. The monoisotopic (exact) mass is 346 g/mol. The van der Waals surface area contributed by atoms with Gasteiger partial charge in [-0.25, -0.2) is 4.79 Å². The molecule has 0 spiro atoms. The van der Waals surface area contributed by atoms with Crippen molar-refractivity contribution < 1.29 is 23.5 Å². The Kier molecular flexibility index (Phi) is 6.27. The van der Waals surface area contributed by atoms with E-state index in [2.05, 4.69) is 10.6 Å². The second-order valence-corrected chi connectivity index (χ2v) is 5.17. The number of hydrogen-bond acceptors (Lipinski definition) is 6. The van der Waals surface area contributed by atoms with Crippen LogP contribution in [-0.4, -0.2) is 37.5 Å². The van der Waals surface area contributed by atoms with Gasteiger partial charge in [0.25, 0.3) is 5.91 Å². The lowest BCUT2D eigenvalue weighted by atomic mass is 10.2. The number of carbonyl (C=O) groups excluding carboxylic acids is 3. The van der Waals surface area contributed by atoms with Crippen molar-refractivity contribution in [3.63, 3.8) is 0 Å². The summed E-state index contributed by atoms with van der Waals surface area (Å²) in [6, 6.07) is 7.48. The molecule has 2 amide bonds. The maximum atomic E-state index is 11.9. The molecule has 0 radical (unpaired) electrons. The molecule has 0 bridgehead atoms. The molecule has 1 aromatic carbocycles. The van der Waals surface area contributed by atoms with Gasteiger partial charge in [0, 0.05) is 12.6 Å². The first-order valence-electron chi connectivity index (χ1n) is 7.74. The van der Waals surface area contributed by atoms with Crippen LogP contribution in [0.3, 0.4) is 0 Å². The lowest BCUT2D eigenvalue weighted by molar-refractivity contribution is -0.127. The van der Waals surface area contributed by atoms with Gasteiger partial charge in [-0.2, -0.15) is 0 Å². The molecule has 0 aliphatic heterocycles. The Morgan fingerprint density at radius 3 is 2.64 bits per heavy atom. The van der Waals surface area contributed by atoms with Crippen LogP contribution in [0, 0.1) is 0 Å². The highest BCUT2D eigenvalue weighted by molar-refractivity contribution is 5.91. The Labute approximate surface area is 143 Å². The first-order chi connectivity index (χ1) is 12.0. The molecule has 0 aliphatic carbocycles. The van der Waals surface area contributed by atoms with E-state index in [4.69, 9.17) is 9.15 Å². The molecule has 0 fully saturated rings. The minimum Gasteiger partial charge on any atom is -0.450 e. The van der Waals surface area contributed by atoms with E-state index in [0.29, 0.717) is 11.9 Å². The summed E-state index contributed by atoms with van der Waals surface area (Å²) in [5.74, 6) is -2.20. The Morgan fingerprint density at radius 2 is 1.88 bits per heavy atom. The van der Waals surface area contributed by atoms with Gasteiger partial charge in [0.15, 0.2) is 12.0 Å². The van der Waals surface area contributed by atoms with Crippen molar-refractivity contribution in [1.29, 1.82) is 0 Å². The van der Waals surface area contributed by atoms with E-state index in [0.717, 1.165) is 12.5 Å². The number of hydrogen-bond donors (Lipinski definition) is 2. The molecule has 8 heteroatoms. The number of ether oxygens (including phenoxy) is 1. The van der Waals surface area contributed by atoms with Crippen LogP contribution >= 0.6 is 0 Å². The van der Waals surface area contributed by atoms with Crippen LogP contribution in [0.5, 0.6) is 0 Å². The van der Waals surface area contributed by atoms with Gasteiger partial charge in [0.05, 0.1) is 11.9 Å². The molecule has 132 valence electrons. The Hall–Kier alpha value is -3.16. The van der Waals surface area contributed by atoms with E-state index in [1.54, 1.807) is 24.3 Å². The number of nitrogens with one attached hydrogen (secondary N) is 2. The first kappa shape index (κ1) is 18.2. The number of carbonyl (C=O) groups is 3. The van der Waals surface area contributed by atoms with Gasteiger partial charge in [-0.15, -0.1) is 0 Å². The molecule has 1 heterocycles. The predicted octanol–water partition coefficient (Wildman–Crippen LogP) is 0.592. The van der Waals surface area contributed by atoms with Gasteiger partial charge in [-0.1, -0.05) is 19.1 Å². The van der Waals surface area contributed by atoms with Gasteiger partial charge < -0.3 is 19.8 Å². The van der Waals surface area contributed by atoms with Crippen molar-refractivity contribution in [2.75, 3.05) is 19.7 Å². The average Bonchev–Trinajstić information content (AvgIpc) is 2.62. The zero-order chi connectivity index (χ0) is 18.2. The lowest BCUT2D eigenvalue weighted by Gasteiger charge is -2.07. The third kappa shape index (κ3) is 5.17. The molecule has 0 aliphatic rings. The van der Waals surface area contributed by atoms with E-state index >= 15 is 0 Å². The highest BCUT2D eigenvalue weighted by Gasteiger charge is 2.15. The Bertz CT molecular complexity index is 842. The predicted molar refractivity (Wildman–Crippen MR) is 89.1 cm³/mol. The molecule has 0 unspecified atom stereocenters. The summed E-state index contributed by atoms with van der Waals surface area (Å²) in [6.45, 7) is 1.63. The van der Waals surface area contributed by atoms with Crippen molar-refractivity contribution in [3.05, 3.63) is 46.3 Å². The normalized spacial score (nSPS) is 10.3. The zero-order valence-corrected chi connectivity index (χ0v) is 13.7. The summed E-state index contributed by atoms with van der Waals surface area (Å²) >= 11 is 0. The number of para-hydroxylation sites is 1. The Balaban J connectivity index is 1.89. The number of esters is 1. The second-order valence-electron chi connectivity index (χ2n) is 5.17. The Morgan fingerprint density at radius 1 is 1.12 bits per heavy atom. The number of rotatable bonds is 7. The molecule has 2 N–H and O–H groups in total. The topological polar surface area (TPSA) is 115 Å². The highest BCUT2D eigenvalue weighted by Crippen LogP contribution is 2.12. The smallest absolute Gasteiger partial charge is 0.374 e. The molecule has 8 nitrogen and oxygen atoms in total. The summed E-state index contributed by atoms with van der Waals surface area (Å²) in [7, 11) is 0. The van der Waals surface area contributed by atoms with Crippen molar-refractivity contribution in [2.24, 2.45) is 0 Å². The van der Waals surface area contributed by atoms with E-state index in [1.165, 1.54) is 0 Å². The zero-order valence-electron chi connectivity index (χ0n) is 13.7. The second kappa shape index (κ2) is 8.62. The van der Waals surface area contributed by atoms with Gasteiger partial charge in [-0.05, 0) is 18.6 Å². The fraction of sp³-hybridized carbons (Fsp3) is 0.294. The van der Waals surface area contributed by atoms with Crippen molar-refractivity contribution in [1.82, 2.24) is 10.6 Å². The van der Waals surface area contributed by atoms with Crippen LogP contribution in [0.2, 0.25) is 0 Å². The van der Waals surface area contributed by atoms with Crippen LogP contribution in [0.15, 0.2) is 39.5 Å². The van der Waals surface area contributed by atoms with E-state index < -0.39 is 18.5 Å². The van der Waals surface area contributed by atoms with E-state index in [-0.39, 0.29) is 29.2 Å². The molecule has 0 atom stereocenters. The SMILES string of the molecule is CCCNC(=O)CNC(=O)COC(=O)c1cc(=O)c2ccccc2o1. The van der Waals surface area contributed by atoms with Gasteiger partial charge in [-0.3, -0.25) is 14.4 Å². The highest BCUT2D eigenvalue weighted by atomic mass is 16.5. The third-order valence-corrected chi connectivity index (χ3v) is 3.19. The van der Waals surface area contributed by atoms with Crippen LogP contribution in [0.4, 0.5) is 0 Å². The fourth-order valence-electron chi connectivity index (χ4n) is 1.96. The van der Waals surface area contributed by atoms with E-state index in [9.17, 15) is 19.2 Å². The van der Waals surface area contributed by atoms with Gasteiger partial charge >= 0.3 is 5.97 Å². The number of fused-ring (bicyclic) bond motifs is 1. The van der Waals surface area contributed by atoms with Crippen LogP contribution < -0.4 is 16.1 Å². The van der Waals surface area contributed by atoms with Gasteiger partial charge in [0.2, 0.25) is 11.7 Å². The third-order valence-electron chi connectivity index (χ3n) is 3.19. The summed E-state index contributed by atoms with van der Waals surface area (Å²) < 4.78 is 10.1. The van der Waals surface area contributed by atoms with Crippen molar-refractivity contribution in [3.8, 4) is 0 Å². The van der Waals surface area contributed by atoms with Gasteiger partial charge in [0.1, 0.15) is 5.58 Å². The summed E-state index contributed by atoms with van der Waals surface area (Å²) in [6.07, 6.45) is 0.786. The minimum atomic E-state index is -0.937. The molecule has 0 saturated carbocycles. The largest absolute Gasteiger partial charge is 0.450 e. The van der Waals surface area contributed by atoms with Crippen LogP contribution in [-0.2, 0) is 14.3 Å².